The number of hydrogen-bond donors (Lipinski definition) is 2. The molecule has 0 amide bonds. The molecule has 0 aliphatic heterocycles. The molecule has 1 aliphatic rings. The molecule has 6 heavy (non-hydrogen) atoms. The molecule has 0 spiro atoms. The van der Waals surface area contributed by atoms with Gasteiger partial charge in [-0.3, -0.25) is 0 Å². The Bertz CT molecular complexity index is 146. The predicted molar refractivity (Wildman–Crippen MR) is 19.3 cm³/mol. The molecule has 0 unspecified atom stereocenters. The van der Waals surface area contributed by atoms with Crippen LogP contribution in [0.4, 0.5) is 0 Å². The van der Waals surface area contributed by atoms with E-state index in [0.29, 0.717) is 0 Å². The van der Waals surface area contributed by atoms with Crippen molar-refractivity contribution in [1.29, 1.82) is 0 Å². The Morgan fingerprint density at radius 1 is 1.00 bits per heavy atom. The smallest absolute Gasteiger partial charge is 0.219 e. The highest BCUT2D eigenvalue weighted by Crippen LogP contribution is 2.02. The average molecular weight is 82.1 g/mol. The van der Waals surface area contributed by atoms with E-state index in [1.807, 2.05) is 0 Å². The zero-order valence-corrected chi connectivity index (χ0v) is 2.89. The Morgan fingerprint density at radius 2 is 1.33 bits per heavy atom. The maximum atomic E-state index is 8.17. The fourth-order valence-electron chi connectivity index (χ4n) is 0.174. The van der Waals surface area contributed by atoms with Crippen LogP contribution in [-0.4, -0.2) is 10.2 Å². The van der Waals surface area contributed by atoms with Crippen molar-refractivity contribution >= 4 is 0 Å². The van der Waals surface area contributed by atoms with Gasteiger partial charge in [0.05, 0.1) is 0 Å². The number of rotatable bonds is 0. The van der Waals surface area contributed by atoms with E-state index in [0.717, 1.165) is 0 Å². The van der Waals surface area contributed by atoms with E-state index < -0.39 is 0 Å². The van der Waals surface area contributed by atoms with Gasteiger partial charge >= 0.3 is 0 Å². The first-order valence-corrected chi connectivity index (χ1v) is 1.45. The van der Waals surface area contributed by atoms with Gasteiger partial charge in [-0.25, -0.2) is 0 Å². The van der Waals surface area contributed by atoms with Crippen LogP contribution in [0, 0.1) is 0 Å². The highest BCUT2D eigenvalue weighted by Gasteiger charge is 2.00. The first kappa shape index (κ1) is 3.10. The summed E-state index contributed by atoms with van der Waals surface area (Å²) in [6.45, 7) is 0. The van der Waals surface area contributed by atoms with Crippen molar-refractivity contribution in [2.45, 2.75) is 0 Å². The van der Waals surface area contributed by atoms with Crippen molar-refractivity contribution in [1.82, 2.24) is 0 Å². The summed E-state index contributed by atoms with van der Waals surface area (Å²) in [6.07, 6.45) is 0. The molecule has 0 aromatic carbocycles. The lowest BCUT2D eigenvalue weighted by molar-refractivity contribution is 0.321. The van der Waals surface area contributed by atoms with Gasteiger partial charge in [-0.05, 0) is 11.5 Å². The Hall–Kier alpha value is -1.10. The van der Waals surface area contributed by atoms with Gasteiger partial charge in [-0.2, -0.15) is 0 Å². The highest BCUT2D eigenvalue weighted by molar-refractivity contribution is 5.23. The summed E-state index contributed by atoms with van der Waals surface area (Å²) in [5.41, 5.74) is 4.39. The van der Waals surface area contributed by atoms with Crippen LogP contribution < -0.4 is 0 Å². The molecule has 0 saturated carbocycles. The van der Waals surface area contributed by atoms with Crippen LogP contribution in [0.3, 0.4) is 0 Å². The summed E-state index contributed by atoms with van der Waals surface area (Å²) >= 11 is 0. The van der Waals surface area contributed by atoms with Crippen molar-refractivity contribution in [3.63, 3.8) is 0 Å². The Labute approximate surface area is 34.3 Å². The second-order valence-electron chi connectivity index (χ2n) is 0.947. The molecule has 0 fully saturated rings. The van der Waals surface area contributed by atoms with Crippen LogP contribution in [0.2, 0.25) is 0 Å². The Balaban J connectivity index is 3.01. The lowest BCUT2D eigenvalue weighted by atomic mass is 10.3. The maximum absolute atomic E-state index is 8.17. The van der Waals surface area contributed by atoms with Gasteiger partial charge in [0.25, 0.3) is 0 Å². The van der Waals surface area contributed by atoms with E-state index in [9.17, 15) is 0 Å². The first-order chi connectivity index (χ1) is 2.80. The minimum atomic E-state index is -0.199. The molecule has 2 N–H and O–H groups in total. The van der Waals surface area contributed by atoms with Crippen LogP contribution in [0.5, 0.6) is 0 Å². The lowest BCUT2D eigenvalue weighted by Gasteiger charge is -1.91. The number of aliphatic hydroxyl groups is 2. The minimum Gasteiger partial charge on any atom is -0.498 e. The van der Waals surface area contributed by atoms with E-state index in [1.165, 1.54) is 0 Å². The molecule has 0 heterocycles. The van der Waals surface area contributed by atoms with Crippen LogP contribution in [0.15, 0.2) is 23.0 Å². The minimum absolute atomic E-state index is 0.199. The van der Waals surface area contributed by atoms with E-state index in [4.69, 9.17) is 10.2 Å². The second-order valence-corrected chi connectivity index (χ2v) is 0.947. The van der Waals surface area contributed by atoms with Gasteiger partial charge in [-0.15, -0.1) is 0 Å². The van der Waals surface area contributed by atoms with Gasteiger partial charge in [-0.1, -0.05) is 0 Å². The van der Waals surface area contributed by atoms with Crippen molar-refractivity contribution < 1.29 is 10.2 Å². The van der Waals surface area contributed by atoms with Gasteiger partial charge in [0, 0.05) is 0 Å². The molecule has 2 heteroatoms. The summed E-state index contributed by atoms with van der Waals surface area (Å²) in [7, 11) is 0. The van der Waals surface area contributed by atoms with Crippen LogP contribution in [-0.2, 0) is 0 Å². The van der Waals surface area contributed by atoms with Crippen LogP contribution in [0.25, 0.3) is 0 Å². The van der Waals surface area contributed by atoms with Crippen LogP contribution >= 0.6 is 0 Å². The van der Waals surface area contributed by atoms with Crippen LogP contribution in [0.1, 0.15) is 0 Å². The quantitative estimate of drug-likeness (QED) is 0.421. The van der Waals surface area contributed by atoms with E-state index in [2.05, 4.69) is 11.5 Å². The third-order valence-electron chi connectivity index (χ3n) is 0.524. The summed E-state index contributed by atoms with van der Waals surface area (Å²) in [6, 6.07) is 0. The van der Waals surface area contributed by atoms with Gasteiger partial charge in [0.2, 0.25) is 11.5 Å². The Morgan fingerprint density at radius 3 is 1.33 bits per heavy atom. The average Bonchev–Trinajstić information content (AvgIpc) is 1.61. The molecular weight excluding hydrogens is 80.0 g/mol. The molecule has 0 radical (unpaired) electrons. The van der Waals surface area contributed by atoms with Crippen molar-refractivity contribution in [2.24, 2.45) is 0 Å². The number of aliphatic hydroxyl groups excluding tert-OH is 2. The van der Waals surface area contributed by atoms with E-state index in [-0.39, 0.29) is 11.5 Å². The van der Waals surface area contributed by atoms with Crippen molar-refractivity contribution in [3.05, 3.63) is 23.0 Å². The lowest BCUT2D eigenvalue weighted by Crippen LogP contribution is -1.86. The standard InChI is InChI=1S/C4H2O2/c5-3-1-2-4(3)6/h5-6H. The molecule has 1 aliphatic carbocycles. The molecule has 0 bridgehead atoms. The second kappa shape index (κ2) is 0.689. The predicted octanol–water partition coefficient (Wildman–Crippen LogP) is 0.638. The summed E-state index contributed by atoms with van der Waals surface area (Å²) in [5, 5.41) is 16.3. The van der Waals surface area contributed by atoms with Gasteiger partial charge in [0.1, 0.15) is 0 Å². The van der Waals surface area contributed by atoms with E-state index in [1.54, 1.807) is 0 Å². The fraction of sp³-hybridized carbons (Fsp3) is 0. The largest absolute Gasteiger partial charge is 0.498 e. The zero-order valence-electron chi connectivity index (χ0n) is 2.89. The third kappa shape index (κ3) is 0.168. The van der Waals surface area contributed by atoms with E-state index >= 15 is 0 Å². The summed E-state index contributed by atoms with van der Waals surface area (Å²) in [4.78, 5) is 0. The zero-order chi connectivity index (χ0) is 4.57. The SMILES string of the molecule is OC1=C=C=C1O. The molecule has 0 aromatic rings. The maximum Gasteiger partial charge on any atom is 0.219 e. The van der Waals surface area contributed by atoms with Crippen molar-refractivity contribution in [3.8, 4) is 0 Å². The van der Waals surface area contributed by atoms with Crippen molar-refractivity contribution in [2.75, 3.05) is 0 Å². The topological polar surface area (TPSA) is 40.5 Å². The fourth-order valence-corrected chi connectivity index (χ4v) is 0.174. The first-order valence-electron chi connectivity index (χ1n) is 1.45. The molecule has 2 nitrogen and oxygen atoms in total. The summed E-state index contributed by atoms with van der Waals surface area (Å²) in [5.74, 6) is -0.398. The Kier molecular flexibility index (Phi) is 0.356. The molecule has 0 atom stereocenters. The molecule has 30 valence electrons. The molecule has 1 rings (SSSR count). The summed E-state index contributed by atoms with van der Waals surface area (Å²) < 4.78 is 0. The molecular formula is C4H2O2. The molecule has 0 aromatic heterocycles. The number of hydrogen-bond acceptors (Lipinski definition) is 2. The monoisotopic (exact) mass is 82.0 g/mol. The normalized spacial score (nSPS) is 15.3. The highest BCUT2D eigenvalue weighted by atomic mass is 16.3. The van der Waals surface area contributed by atoms with Gasteiger partial charge < -0.3 is 10.2 Å². The third-order valence-corrected chi connectivity index (χ3v) is 0.524. The molecule has 0 saturated heterocycles. The van der Waals surface area contributed by atoms with Gasteiger partial charge in [0.15, 0.2) is 0 Å².